The van der Waals surface area contributed by atoms with Crippen molar-refractivity contribution >= 4 is 0 Å². The van der Waals surface area contributed by atoms with Crippen molar-refractivity contribution < 1.29 is 0 Å². The fraction of sp³-hybridized carbons (Fsp3) is 0.846. The molecule has 0 heterocycles. The van der Waals surface area contributed by atoms with Crippen LogP contribution in [-0.4, -0.2) is 0 Å². The van der Waals surface area contributed by atoms with Crippen LogP contribution in [0.15, 0.2) is 11.6 Å². The number of allylic oxidation sites excluding steroid dienone is 2. The summed E-state index contributed by atoms with van der Waals surface area (Å²) in [6.45, 7) is 9.14. The lowest BCUT2D eigenvalue weighted by atomic mass is 9.99. The predicted octanol–water partition coefficient (Wildman–Crippen LogP) is 4.95. The van der Waals surface area contributed by atoms with Gasteiger partial charge in [0.15, 0.2) is 0 Å². The van der Waals surface area contributed by atoms with E-state index in [-0.39, 0.29) is 0 Å². The molecule has 0 saturated heterocycles. The van der Waals surface area contributed by atoms with Crippen LogP contribution in [0.4, 0.5) is 0 Å². The molecule has 0 spiro atoms. The highest BCUT2D eigenvalue weighted by Crippen LogP contribution is 2.15. The van der Waals surface area contributed by atoms with Crippen molar-refractivity contribution in [1.82, 2.24) is 0 Å². The second-order valence-electron chi connectivity index (χ2n) is 4.31. The first-order valence-corrected chi connectivity index (χ1v) is 5.88. The van der Waals surface area contributed by atoms with E-state index in [4.69, 9.17) is 0 Å². The van der Waals surface area contributed by atoms with Crippen molar-refractivity contribution in [3.63, 3.8) is 0 Å². The van der Waals surface area contributed by atoms with Crippen LogP contribution in [0, 0.1) is 5.92 Å². The zero-order chi connectivity index (χ0) is 10.1. The maximum atomic E-state index is 2.47. The van der Waals surface area contributed by atoms with Crippen LogP contribution in [0.25, 0.3) is 0 Å². The minimum atomic E-state index is 0.817. The van der Waals surface area contributed by atoms with Crippen molar-refractivity contribution in [3.8, 4) is 0 Å². The molecular weight excluding hydrogens is 156 g/mol. The SMILES string of the molecule is CCCCC/C=C(\CC)CC(C)C. The molecular formula is C13H26. The van der Waals surface area contributed by atoms with Crippen molar-refractivity contribution in [2.45, 2.75) is 66.2 Å². The van der Waals surface area contributed by atoms with Crippen molar-refractivity contribution in [2.75, 3.05) is 0 Å². The van der Waals surface area contributed by atoms with Gasteiger partial charge < -0.3 is 0 Å². The van der Waals surface area contributed by atoms with Gasteiger partial charge in [0.2, 0.25) is 0 Å². The monoisotopic (exact) mass is 182 g/mol. The average molecular weight is 182 g/mol. The van der Waals surface area contributed by atoms with Gasteiger partial charge in [0, 0.05) is 0 Å². The van der Waals surface area contributed by atoms with Crippen LogP contribution in [0.1, 0.15) is 66.2 Å². The fourth-order valence-corrected chi connectivity index (χ4v) is 1.60. The summed E-state index contributed by atoms with van der Waals surface area (Å²) in [4.78, 5) is 0. The van der Waals surface area contributed by atoms with Gasteiger partial charge >= 0.3 is 0 Å². The molecule has 0 bridgehead atoms. The number of rotatable bonds is 7. The molecule has 0 aromatic rings. The highest BCUT2D eigenvalue weighted by atomic mass is 14.0. The van der Waals surface area contributed by atoms with Crippen molar-refractivity contribution in [2.24, 2.45) is 5.92 Å². The molecule has 78 valence electrons. The Labute approximate surface area is 84.4 Å². The third-order valence-electron chi connectivity index (χ3n) is 2.37. The van der Waals surface area contributed by atoms with Crippen LogP contribution in [0.3, 0.4) is 0 Å². The Morgan fingerprint density at radius 1 is 1.15 bits per heavy atom. The highest BCUT2D eigenvalue weighted by molar-refractivity contribution is 5.01. The summed E-state index contributed by atoms with van der Waals surface area (Å²) in [5.74, 6) is 0.817. The van der Waals surface area contributed by atoms with E-state index in [9.17, 15) is 0 Å². The Hall–Kier alpha value is -0.260. The summed E-state index contributed by atoms with van der Waals surface area (Å²) in [6, 6.07) is 0. The average Bonchev–Trinajstić information content (AvgIpc) is 2.09. The first kappa shape index (κ1) is 12.7. The second-order valence-corrected chi connectivity index (χ2v) is 4.31. The summed E-state index contributed by atoms with van der Waals surface area (Å²) >= 11 is 0. The molecule has 0 aromatic carbocycles. The molecule has 0 fully saturated rings. The number of hydrogen-bond donors (Lipinski definition) is 0. The van der Waals surface area contributed by atoms with Crippen LogP contribution in [0.5, 0.6) is 0 Å². The minimum Gasteiger partial charge on any atom is -0.0853 e. The minimum absolute atomic E-state index is 0.817. The lowest BCUT2D eigenvalue weighted by Gasteiger charge is -2.07. The van der Waals surface area contributed by atoms with Crippen LogP contribution >= 0.6 is 0 Å². The molecule has 0 unspecified atom stereocenters. The van der Waals surface area contributed by atoms with E-state index in [0.717, 1.165) is 5.92 Å². The summed E-state index contributed by atoms with van der Waals surface area (Å²) < 4.78 is 0. The molecule has 0 amide bonds. The first-order valence-electron chi connectivity index (χ1n) is 5.88. The molecule has 0 aliphatic heterocycles. The molecule has 13 heavy (non-hydrogen) atoms. The van der Waals surface area contributed by atoms with E-state index >= 15 is 0 Å². The Morgan fingerprint density at radius 2 is 1.85 bits per heavy atom. The van der Waals surface area contributed by atoms with Gasteiger partial charge in [0.1, 0.15) is 0 Å². The van der Waals surface area contributed by atoms with Crippen molar-refractivity contribution in [3.05, 3.63) is 11.6 Å². The lowest BCUT2D eigenvalue weighted by molar-refractivity contribution is 0.625. The molecule has 0 saturated carbocycles. The molecule has 0 aliphatic carbocycles. The maximum Gasteiger partial charge on any atom is -0.0297 e. The molecule has 0 N–H and O–H groups in total. The molecule has 0 aromatic heterocycles. The summed E-state index contributed by atoms with van der Waals surface area (Å²) in [6.07, 6.45) is 10.4. The van der Waals surface area contributed by atoms with Gasteiger partial charge in [-0.1, -0.05) is 52.2 Å². The zero-order valence-corrected chi connectivity index (χ0v) is 9.90. The van der Waals surface area contributed by atoms with Gasteiger partial charge in [-0.05, 0) is 31.6 Å². The summed E-state index contributed by atoms with van der Waals surface area (Å²) in [5, 5.41) is 0. The molecule has 0 atom stereocenters. The largest absolute Gasteiger partial charge is 0.0853 e. The molecule has 0 radical (unpaired) electrons. The van der Waals surface area contributed by atoms with Crippen LogP contribution in [-0.2, 0) is 0 Å². The maximum absolute atomic E-state index is 2.47. The topological polar surface area (TPSA) is 0 Å². The molecule has 0 nitrogen and oxygen atoms in total. The molecule has 0 heteroatoms. The summed E-state index contributed by atoms with van der Waals surface area (Å²) in [5.41, 5.74) is 1.66. The van der Waals surface area contributed by atoms with Gasteiger partial charge in [-0.25, -0.2) is 0 Å². The highest BCUT2D eigenvalue weighted by Gasteiger charge is 1.98. The fourth-order valence-electron chi connectivity index (χ4n) is 1.60. The smallest absolute Gasteiger partial charge is 0.0297 e. The van der Waals surface area contributed by atoms with Gasteiger partial charge in [-0.3, -0.25) is 0 Å². The van der Waals surface area contributed by atoms with E-state index in [1.165, 1.54) is 38.5 Å². The van der Waals surface area contributed by atoms with Crippen molar-refractivity contribution in [1.29, 1.82) is 0 Å². The van der Waals surface area contributed by atoms with E-state index in [0.29, 0.717) is 0 Å². The third-order valence-corrected chi connectivity index (χ3v) is 2.37. The van der Waals surface area contributed by atoms with E-state index < -0.39 is 0 Å². The van der Waals surface area contributed by atoms with Gasteiger partial charge in [0.25, 0.3) is 0 Å². The second kappa shape index (κ2) is 8.34. The lowest BCUT2D eigenvalue weighted by Crippen LogP contribution is -1.90. The van der Waals surface area contributed by atoms with Crippen LogP contribution in [0.2, 0.25) is 0 Å². The normalized spacial score (nSPS) is 12.5. The Morgan fingerprint density at radius 3 is 2.31 bits per heavy atom. The summed E-state index contributed by atoms with van der Waals surface area (Å²) in [7, 11) is 0. The molecule has 0 rings (SSSR count). The van der Waals surface area contributed by atoms with Gasteiger partial charge in [-0.2, -0.15) is 0 Å². The number of unbranched alkanes of at least 4 members (excludes halogenated alkanes) is 3. The zero-order valence-electron chi connectivity index (χ0n) is 9.90. The van der Waals surface area contributed by atoms with E-state index in [1.807, 2.05) is 0 Å². The van der Waals surface area contributed by atoms with Gasteiger partial charge in [-0.15, -0.1) is 0 Å². The van der Waals surface area contributed by atoms with E-state index in [2.05, 4.69) is 33.8 Å². The quantitative estimate of drug-likeness (QED) is 0.386. The predicted molar refractivity (Wildman–Crippen MR) is 62.0 cm³/mol. The first-order chi connectivity index (χ1) is 6.20. The Kier molecular flexibility index (Phi) is 8.18. The Bertz CT molecular complexity index is 131. The van der Waals surface area contributed by atoms with E-state index in [1.54, 1.807) is 5.57 Å². The number of hydrogen-bond acceptors (Lipinski definition) is 0. The third kappa shape index (κ3) is 8.08. The standard InChI is InChI=1S/C13H26/c1-5-7-8-9-10-13(6-2)11-12(3)4/h10,12H,5-9,11H2,1-4H3/b13-10+. The molecule has 0 aliphatic rings. The van der Waals surface area contributed by atoms with Crippen LogP contribution < -0.4 is 0 Å². The van der Waals surface area contributed by atoms with Gasteiger partial charge in [0.05, 0.1) is 0 Å². The Balaban J connectivity index is 3.65.